The molecule has 0 aliphatic carbocycles. The summed E-state index contributed by atoms with van der Waals surface area (Å²) in [6, 6.07) is 10.8. The highest BCUT2D eigenvalue weighted by Gasteiger charge is 2.35. The Bertz CT molecular complexity index is 883. The molecule has 0 radical (unpaired) electrons. The quantitative estimate of drug-likeness (QED) is 0.765. The molecule has 1 aliphatic heterocycles. The number of pyridine rings is 2. The van der Waals surface area contributed by atoms with Crippen LogP contribution in [0.15, 0.2) is 53.3 Å². The molecule has 8 nitrogen and oxygen atoms in total. The number of likely N-dealkylation sites (tertiary alicyclic amines) is 1. The molecular weight excluding hydrogens is 332 g/mol. The number of aromatic nitrogens is 4. The molecule has 132 valence electrons. The van der Waals surface area contributed by atoms with Crippen LogP contribution < -0.4 is 5.32 Å². The van der Waals surface area contributed by atoms with E-state index in [0.717, 1.165) is 0 Å². The van der Waals surface area contributed by atoms with Gasteiger partial charge in [-0.1, -0.05) is 17.3 Å². The highest BCUT2D eigenvalue weighted by atomic mass is 16.5. The molecule has 4 rings (SSSR count). The lowest BCUT2D eigenvalue weighted by molar-refractivity contribution is 0.0933. The van der Waals surface area contributed by atoms with Gasteiger partial charge in [-0.05, 0) is 37.7 Å². The maximum atomic E-state index is 12.3. The summed E-state index contributed by atoms with van der Waals surface area (Å²) in [7, 11) is 1.97. The normalized spacial score (nSPS) is 20.2. The topological polar surface area (TPSA) is 97.0 Å². The van der Waals surface area contributed by atoms with E-state index in [1.54, 1.807) is 30.6 Å². The van der Waals surface area contributed by atoms with Gasteiger partial charge in [-0.3, -0.25) is 19.7 Å². The molecule has 1 aliphatic rings. The number of carbonyl (C=O) groups is 1. The fraction of sp³-hybridized carbons (Fsp3) is 0.278. The van der Waals surface area contributed by atoms with Crippen LogP contribution in [0, 0.1) is 0 Å². The summed E-state index contributed by atoms with van der Waals surface area (Å²) < 4.78 is 5.44. The van der Waals surface area contributed by atoms with Crippen molar-refractivity contribution in [2.75, 3.05) is 13.6 Å². The van der Waals surface area contributed by atoms with Crippen LogP contribution in [0.3, 0.4) is 0 Å². The van der Waals surface area contributed by atoms with Gasteiger partial charge in [0.25, 0.3) is 5.91 Å². The van der Waals surface area contributed by atoms with Crippen LogP contribution in [0.25, 0.3) is 11.5 Å². The minimum absolute atomic E-state index is 0.00953. The largest absolute Gasteiger partial charge is 0.347 e. The second-order valence-corrected chi connectivity index (χ2v) is 6.25. The van der Waals surface area contributed by atoms with Gasteiger partial charge in [-0.15, -0.1) is 0 Å². The predicted molar refractivity (Wildman–Crippen MR) is 93.0 cm³/mol. The fourth-order valence-electron chi connectivity index (χ4n) is 3.12. The van der Waals surface area contributed by atoms with Crippen LogP contribution in [0.1, 0.15) is 28.8 Å². The number of likely N-dealkylation sites (N-methyl/N-ethyl adjacent to an activating group) is 1. The predicted octanol–water partition coefficient (Wildman–Crippen LogP) is 1.70. The number of hydrogen-bond donors (Lipinski definition) is 1. The third kappa shape index (κ3) is 3.31. The van der Waals surface area contributed by atoms with Crippen LogP contribution >= 0.6 is 0 Å². The van der Waals surface area contributed by atoms with Crippen molar-refractivity contribution in [3.63, 3.8) is 0 Å². The van der Waals surface area contributed by atoms with E-state index in [1.165, 1.54) is 0 Å². The third-order valence-corrected chi connectivity index (χ3v) is 4.40. The van der Waals surface area contributed by atoms with Crippen molar-refractivity contribution in [1.29, 1.82) is 0 Å². The molecule has 8 heteroatoms. The highest BCUT2D eigenvalue weighted by molar-refractivity contribution is 5.92. The Morgan fingerprint density at radius 1 is 1.19 bits per heavy atom. The lowest BCUT2D eigenvalue weighted by atomic mass is 10.1. The van der Waals surface area contributed by atoms with Gasteiger partial charge in [0.05, 0.1) is 6.04 Å². The Kier molecular flexibility index (Phi) is 4.40. The molecule has 0 bridgehead atoms. The number of nitrogens with one attached hydrogen (secondary N) is 1. The van der Waals surface area contributed by atoms with E-state index in [0.29, 0.717) is 36.1 Å². The van der Waals surface area contributed by atoms with E-state index >= 15 is 0 Å². The summed E-state index contributed by atoms with van der Waals surface area (Å²) in [6.07, 6.45) is 3.99. The maximum absolute atomic E-state index is 12.3. The maximum Gasteiger partial charge on any atom is 0.270 e. The Hall–Kier alpha value is -3.13. The van der Waals surface area contributed by atoms with E-state index in [-0.39, 0.29) is 18.0 Å². The highest BCUT2D eigenvalue weighted by Crippen LogP contribution is 2.30. The number of nitrogens with zero attached hydrogens (tertiary/aromatic N) is 5. The molecule has 1 N–H and O–H groups in total. The van der Waals surface area contributed by atoms with Crippen LogP contribution in [0.4, 0.5) is 0 Å². The number of carbonyl (C=O) groups excluding carboxylic acids is 1. The van der Waals surface area contributed by atoms with Gasteiger partial charge in [0.1, 0.15) is 11.4 Å². The molecule has 0 saturated carbocycles. The zero-order valence-electron chi connectivity index (χ0n) is 14.2. The summed E-state index contributed by atoms with van der Waals surface area (Å²) in [5.74, 6) is 0.821. The molecule has 0 aromatic carbocycles. The van der Waals surface area contributed by atoms with Gasteiger partial charge in [-0.25, -0.2) is 0 Å². The molecule has 2 atom stereocenters. The number of hydrogen-bond acceptors (Lipinski definition) is 7. The molecular formula is C18H18N6O2. The molecule has 0 spiro atoms. The summed E-state index contributed by atoms with van der Waals surface area (Å²) in [4.78, 5) is 27.2. The van der Waals surface area contributed by atoms with E-state index in [9.17, 15) is 4.79 Å². The smallest absolute Gasteiger partial charge is 0.270 e. The Labute approximate surface area is 150 Å². The number of rotatable bonds is 4. The second-order valence-electron chi connectivity index (χ2n) is 6.25. The Morgan fingerprint density at radius 2 is 2.00 bits per heavy atom. The lowest BCUT2D eigenvalue weighted by Gasteiger charge is -2.14. The van der Waals surface area contributed by atoms with Crippen LogP contribution in [-0.4, -0.2) is 50.5 Å². The Morgan fingerprint density at radius 3 is 2.73 bits per heavy atom. The SMILES string of the molecule is CN1C[C@@H](NC(=O)c2ccccn2)C[C@H]1c1nc(-c2ccccn2)no1. The van der Waals surface area contributed by atoms with Gasteiger partial charge < -0.3 is 9.84 Å². The van der Waals surface area contributed by atoms with Gasteiger partial charge in [0, 0.05) is 25.0 Å². The average Bonchev–Trinajstić information content (AvgIpc) is 3.30. The van der Waals surface area contributed by atoms with Gasteiger partial charge in [0.2, 0.25) is 11.7 Å². The van der Waals surface area contributed by atoms with Crippen molar-refractivity contribution in [2.24, 2.45) is 0 Å². The lowest BCUT2D eigenvalue weighted by Crippen LogP contribution is -2.36. The fourth-order valence-corrected chi connectivity index (χ4v) is 3.12. The minimum atomic E-state index is -0.177. The zero-order valence-corrected chi connectivity index (χ0v) is 14.2. The molecule has 1 amide bonds. The van der Waals surface area contributed by atoms with Crippen molar-refractivity contribution in [1.82, 2.24) is 30.3 Å². The molecule has 3 aromatic rings. The van der Waals surface area contributed by atoms with Crippen molar-refractivity contribution < 1.29 is 9.32 Å². The Balaban J connectivity index is 1.44. The third-order valence-electron chi connectivity index (χ3n) is 4.40. The van der Waals surface area contributed by atoms with Gasteiger partial charge in [0.15, 0.2) is 0 Å². The van der Waals surface area contributed by atoms with E-state index in [2.05, 4.69) is 30.3 Å². The number of amides is 1. The summed E-state index contributed by atoms with van der Waals surface area (Å²) in [6.45, 7) is 0.699. The average molecular weight is 350 g/mol. The van der Waals surface area contributed by atoms with Gasteiger partial charge >= 0.3 is 0 Å². The monoisotopic (exact) mass is 350 g/mol. The van der Waals surface area contributed by atoms with E-state index < -0.39 is 0 Å². The second kappa shape index (κ2) is 7.01. The standard InChI is InChI=1S/C18H18N6O2/c1-24-11-12(21-17(25)14-7-3-5-9-20-14)10-15(24)18-22-16(23-26-18)13-6-2-4-8-19-13/h2-9,12,15H,10-11H2,1H3,(H,21,25)/t12-,15-/m0/s1. The molecule has 0 unspecified atom stereocenters. The zero-order chi connectivity index (χ0) is 17.9. The van der Waals surface area contributed by atoms with Gasteiger partial charge in [-0.2, -0.15) is 4.98 Å². The minimum Gasteiger partial charge on any atom is -0.347 e. The van der Waals surface area contributed by atoms with Crippen molar-refractivity contribution >= 4 is 5.91 Å². The van der Waals surface area contributed by atoms with Crippen LogP contribution in [-0.2, 0) is 0 Å². The molecule has 4 heterocycles. The van der Waals surface area contributed by atoms with Crippen molar-refractivity contribution in [3.05, 3.63) is 60.4 Å². The van der Waals surface area contributed by atoms with Crippen molar-refractivity contribution in [2.45, 2.75) is 18.5 Å². The summed E-state index contributed by atoms with van der Waals surface area (Å²) in [5, 5.41) is 7.04. The van der Waals surface area contributed by atoms with Crippen LogP contribution in [0.2, 0.25) is 0 Å². The summed E-state index contributed by atoms with van der Waals surface area (Å²) >= 11 is 0. The first-order valence-corrected chi connectivity index (χ1v) is 8.38. The van der Waals surface area contributed by atoms with Crippen molar-refractivity contribution in [3.8, 4) is 11.5 Å². The summed E-state index contributed by atoms with van der Waals surface area (Å²) in [5.41, 5.74) is 1.08. The first kappa shape index (κ1) is 16.3. The van der Waals surface area contributed by atoms with E-state index in [4.69, 9.17) is 4.52 Å². The van der Waals surface area contributed by atoms with E-state index in [1.807, 2.05) is 25.2 Å². The molecule has 3 aromatic heterocycles. The first-order valence-electron chi connectivity index (χ1n) is 8.38. The van der Waals surface area contributed by atoms with Crippen LogP contribution in [0.5, 0.6) is 0 Å². The molecule has 1 fully saturated rings. The molecule has 26 heavy (non-hydrogen) atoms. The molecule has 1 saturated heterocycles. The first-order chi connectivity index (χ1) is 12.7.